The number of likely N-dealkylation sites (tertiary alicyclic amines) is 1. The molecule has 1 fully saturated rings. The number of fused-ring (bicyclic) bond motifs is 1. The van der Waals surface area contributed by atoms with Gasteiger partial charge in [0.2, 0.25) is 5.56 Å². The lowest BCUT2D eigenvalue weighted by atomic mass is 10.00. The number of halogens is 2. The molecule has 2 heterocycles. The van der Waals surface area contributed by atoms with E-state index in [9.17, 15) is 18.4 Å². The largest absolute Gasteiger partial charge is 0.330 e. The second-order valence-corrected chi connectivity index (χ2v) is 4.78. The molecule has 1 aromatic heterocycles. The average Bonchev–Trinajstić information content (AvgIpc) is 2.35. The van der Waals surface area contributed by atoms with Gasteiger partial charge in [0.25, 0.3) is 12.3 Å². The molecule has 1 aliphatic rings. The second-order valence-electron chi connectivity index (χ2n) is 4.78. The number of hydrogen-bond acceptors (Lipinski definition) is 2. The number of nitrogens with one attached hydrogen (secondary N) is 1. The van der Waals surface area contributed by atoms with E-state index in [2.05, 4.69) is 4.98 Å². The Morgan fingerprint density at radius 1 is 1.35 bits per heavy atom. The Kier molecular flexibility index (Phi) is 3.00. The molecule has 104 valence electrons. The number of benzene rings is 1. The number of aromatic amines is 1. The summed E-state index contributed by atoms with van der Waals surface area (Å²) in [6.45, 7) is 0.301. The normalized spacial score (nSPS) is 18.4. The van der Waals surface area contributed by atoms with Crippen molar-refractivity contribution in [2.75, 3.05) is 6.54 Å². The van der Waals surface area contributed by atoms with Crippen molar-refractivity contribution in [2.24, 2.45) is 0 Å². The quantitative estimate of drug-likeness (QED) is 0.913. The molecule has 4 nitrogen and oxygen atoms in total. The van der Waals surface area contributed by atoms with Crippen LogP contribution in [0.4, 0.5) is 8.78 Å². The third kappa shape index (κ3) is 1.97. The maximum Gasteiger partial charge on any atom is 0.258 e. The molecule has 1 aliphatic heterocycles. The first-order chi connectivity index (χ1) is 9.58. The minimum Gasteiger partial charge on any atom is -0.330 e. The minimum absolute atomic E-state index is 0.176. The van der Waals surface area contributed by atoms with Crippen molar-refractivity contribution in [1.29, 1.82) is 0 Å². The van der Waals surface area contributed by atoms with Crippen LogP contribution in [0.3, 0.4) is 0 Å². The Balaban J connectivity index is 2.06. The van der Waals surface area contributed by atoms with E-state index in [1.54, 1.807) is 24.3 Å². The number of alkyl halides is 2. The van der Waals surface area contributed by atoms with E-state index >= 15 is 0 Å². The van der Waals surface area contributed by atoms with Crippen LogP contribution in [0.5, 0.6) is 0 Å². The van der Waals surface area contributed by atoms with Gasteiger partial charge >= 0.3 is 0 Å². The lowest BCUT2D eigenvalue weighted by Gasteiger charge is -2.40. The van der Waals surface area contributed by atoms with Crippen molar-refractivity contribution in [3.8, 4) is 0 Å². The fourth-order valence-corrected chi connectivity index (χ4v) is 2.46. The SMILES string of the molecule is O=C(c1cc(=O)[nH]c2ccccc12)N1CCC1C(F)F. The highest BCUT2D eigenvalue weighted by Crippen LogP contribution is 2.27. The highest BCUT2D eigenvalue weighted by Gasteiger charge is 2.39. The molecule has 1 aromatic carbocycles. The van der Waals surface area contributed by atoms with E-state index in [1.807, 2.05) is 0 Å². The summed E-state index contributed by atoms with van der Waals surface area (Å²) in [5, 5.41) is 0.567. The molecule has 0 spiro atoms. The molecule has 1 unspecified atom stereocenters. The Bertz CT molecular complexity index is 726. The summed E-state index contributed by atoms with van der Waals surface area (Å²) in [5.41, 5.74) is 0.286. The van der Waals surface area contributed by atoms with Crippen LogP contribution in [0.2, 0.25) is 0 Å². The summed E-state index contributed by atoms with van der Waals surface area (Å²) < 4.78 is 25.5. The van der Waals surface area contributed by atoms with Crippen LogP contribution in [-0.2, 0) is 0 Å². The number of amides is 1. The molecule has 0 radical (unpaired) electrons. The van der Waals surface area contributed by atoms with Gasteiger partial charge in [-0.1, -0.05) is 18.2 Å². The molecule has 1 atom stereocenters. The van der Waals surface area contributed by atoms with Crippen LogP contribution in [0, 0.1) is 0 Å². The van der Waals surface area contributed by atoms with Crippen molar-refractivity contribution >= 4 is 16.8 Å². The molecular formula is C14H12F2N2O2. The number of hydrogen-bond donors (Lipinski definition) is 1. The van der Waals surface area contributed by atoms with E-state index in [0.29, 0.717) is 23.9 Å². The molecule has 2 aromatic rings. The number of pyridine rings is 1. The van der Waals surface area contributed by atoms with Crippen molar-refractivity contribution in [1.82, 2.24) is 9.88 Å². The molecule has 20 heavy (non-hydrogen) atoms. The smallest absolute Gasteiger partial charge is 0.258 e. The molecule has 1 amide bonds. The first kappa shape index (κ1) is 12.8. The summed E-state index contributed by atoms with van der Waals surface area (Å²) in [6, 6.07) is 6.96. The van der Waals surface area contributed by atoms with Gasteiger partial charge in [0.1, 0.15) is 0 Å². The molecule has 1 N–H and O–H groups in total. The first-order valence-electron chi connectivity index (χ1n) is 6.29. The van der Waals surface area contributed by atoms with Crippen LogP contribution < -0.4 is 5.56 Å². The van der Waals surface area contributed by atoms with Crippen LogP contribution in [-0.4, -0.2) is 34.8 Å². The Morgan fingerprint density at radius 2 is 2.10 bits per heavy atom. The average molecular weight is 278 g/mol. The summed E-state index contributed by atoms with van der Waals surface area (Å²) >= 11 is 0. The number of rotatable bonds is 2. The zero-order chi connectivity index (χ0) is 14.3. The molecule has 1 saturated heterocycles. The summed E-state index contributed by atoms with van der Waals surface area (Å²) in [5.74, 6) is -0.510. The molecule has 0 bridgehead atoms. The van der Waals surface area contributed by atoms with E-state index in [4.69, 9.17) is 0 Å². The van der Waals surface area contributed by atoms with Crippen molar-refractivity contribution < 1.29 is 13.6 Å². The Labute approximate surface area is 113 Å². The summed E-state index contributed by atoms with van der Waals surface area (Å²) in [6.07, 6.45) is -2.26. The number of carbonyl (C=O) groups excluding carboxylic acids is 1. The van der Waals surface area contributed by atoms with Gasteiger partial charge in [-0.3, -0.25) is 9.59 Å². The standard InChI is InChI=1S/C14H12F2N2O2/c15-13(16)11-5-6-18(11)14(20)9-7-12(19)17-10-4-2-1-3-8(9)10/h1-4,7,11,13H,5-6H2,(H,17,19). The molecule has 0 aliphatic carbocycles. The third-order valence-corrected chi connectivity index (χ3v) is 3.60. The summed E-state index contributed by atoms with van der Waals surface area (Å²) in [4.78, 5) is 27.7. The number of H-pyrrole nitrogens is 1. The van der Waals surface area contributed by atoms with E-state index in [-0.39, 0.29) is 5.56 Å². The zero-order valence-corrected chi connectivity index (χ0v) is 10.5. The van der Waals surface area contributed by atoms with Crippen molar-refractivity contribution in [3.63, 3.8) is 0 Å². The zero-order valence-electron chi connectivity index (χ0n) is 10.5. The van der Waals surface area contributed by atoms with Crippen LogP contribution in [0.25, 0.3) is 10.9 Å². The van der Waals surface area contributed by atoms with Gasteiger partial charge in [0.05, 0.1) is 11.6 Å². The molecular weight excluding hydrogens is 266 g/mol. The number of para-hydroxylation sites is 1. The number of carbonyl (C=O) groups is 1. The highest BCUT2D eigenvalue weighted by molar-refractivity contribution is 6.06. The van der Waals surface area contributed by atoms with Gasteiger partial charge in [-0.05, 0) is 12.5 Å². The topological polar surface area (TPSA) is 53.2 Å². The highest BCUT2D eigenvalue weighted by atomic mass is 19.3. The van der Waals surface area contributed by atoms with Crippen molar-refractivity contribution in [3.05, 3.63) is 46.2 Å². The Morgan fingerprint density at radius 3 is 2.75 bits per heavy atom. The minimum atomic E-state index is -2.55. The van der Waals surface area contributed by atoms with Gasteiger partial charge in [0, 0.05) is 23.5 Å². The monoisotopic (exact) mass is 278 g/mol. The summed E-state index contributed by atoms with van der Waals surface area (Å²) in [7, 11) is 0. The Hall–Kier alpha value is -2.24. The van der Waals surface area contributed by atoms with Gasteiger partial charge in [-0.2, -0.15) is 0 Å². The van der Waals surface area contributed by atoms with Crippen LogP contribution in [0.15, 0.2) is 35.1 Å². The lowest BCUT2D eigenvalue weighted by Crippen LogP contribution is -2.54. The fraction of sp³-hybridized carbons (Fsp3) is 0.286. The second kappa shape index (κ2) is 4.70. The van der Waals surface area contributed by atoms with E-state index < -0.39 is 23.9 Å². The lowest BCUT2D eigenvalue weighted by molar-refractivity contribution is -0.0218. The molecule has 6 heteroatoms. The van der Waals surface area contributed by atoms with Crippen molar-refractivity contribution in [2.45, 2.75) is 18.9 Å². The molecule has 0 saturated carbocycles. The van der Waals surface area contributed by atoms with Crippen LogP contribution in [0.1, 0.15) is 16.8 Å². The van der Waals surface area contributed by atoms with Gasteiger partial charge < -0.3 is 9.88 Å². The predicted octanol–water partition coefficient (Wildman–Crippen LogP) is 2.01. The van der Waals surface area contributed by atoms with Gasteiger partial charge in [-0.25, -0.2) is 8.78 Å². The first-order valence-corrected chi connectivity index (χ1v) is 6.29. The maximum atomic E-state index is 12.7. The van der Waals surface area contributed by atoms with E-state index in [1.165, 1.54) is 6.07 Å². The third-order valence-electron chi connectivity index (χ3n) is 3.60. The van der Waals surface area contributed by atoms with Gasteiger partial charge in [0.15, 0.2) is 0 Å². The predicted molar refractivity (Wildman–Crippen MR) is 70.0 cm³/mol. The molecule has 3 rings (SSSR count). The fourth-order valence-electron chi connectivity index (χ4n) is 2.46. The van der Waals surface area contributed by atoms with Gasteiger partial charge in [-0.15, -0.1) is 0 Å². The number of nitrogens with zero attached hydrogens (tertiary/aromatic N) is 1. The van der Waals surface area contributed by atoms with E-state index in [0.717, 1.165) is 4.90 Å². The van der Waals surface area contributed by atoms with Crippen LogP contribution >= 0.6 is 0 Å². The maximum absolute atomic E-state index is 12.7. The number of aromatic nitrogens is 1.